The number of aromatic nitrogens is 5. The lowest BCUT2D eigenvalue weighted by molar-refractivity contribution is -0.147. The molecule has 13 heteroatoms. The Labute approximate surface area is 224 Å². The van der Waals surface area contributed by atoms with Gasteiger partial charge in [-0.15, -0.1) is 5.10 Å². The molecule has 4 heterocycles. The van der Waals surface area contributed by atoms with E-state index < -0.39 is 23.2 Å². The van der Waals surface area contributed by atoms with Crippen LogP contribution in [0.5, 0.6) is 11.6 Å². The number of nitrogens with one attached hydrogen (secondary N) is 1. The van der Waals surface area contributed by atoms with Gasteiger partial charge in [0.25, 0.3) is 0 Å². The van der Waals surface area contributed by atoms with Gasteiger partial charge in [0.05, 0.1) is 35.9 Å². The topological polar surface area (TPSA) is 118 Å². The molecule has 2 atom stereocenters. The lowest BCUT2D eigenvalue weighted by Gasteiger charge is -2.49. The Balaban J connectivity index is 1.16. The highest BCUT2D eigenvalue weighted by Gasteiger charge is 2.42. The van der Waals surface area contributed by atoms with Crippen LogP contribution in [0.2, 0.25) is 0 Å². The van der Waals surface area contributed by atoms with Crippen molar-refractivity contribution in [2.75, 3.05) is 25.0 Å². The van der Waals surface area contributed by atoms with Gasteiger partial charge in [0, 0.05) is 44.6 Å². The molecule has 0 saturated carbocycles. The van der Waals surface area contributed by atoms with Crippen molar-refractivity contribution in [2.24, 2.45) is 5.92 Å². The molecule has 1 N–H and O–H groups in total. The minimum absolute atomic E-state index is 0.00669. The smallest absolute Gasteiger partial charge is 0.242 e. The largest absolute Gasteiger partial charge is 0.434 e. The Morgan fingerprint density at radius 3 is 2.67 bits per heavy atom. The van der Waals surface area contributed by atoms with Crippen molar-refractivity contribution in [2.45, 2.75) is 51.7 Å². The van der Waals surface area contributed by atoms with Gasteiger partial charge in [-0.2, -0.15) is 0 Å². The first-order valence-corrected chi connectivity index (χ1v) is 12.8. The summed E-state index contributed by atoms with van der Waals surface area (Å²) >= 11 is 0. The third-order valence-electron chi connectivity index (χ3n) is 7.30. The molecule has 2 amide bonds. The summed E-state index contributed by atoms with van der Waals surface area (Å²) in [7, 11) is 0. The number of hydrogen-bond donors (Lipinski definition) is 1. The third-order valence-corrected chi connectivity index (χ3v) is 7.30. The van der Waals surface area contributed by atoms with Gasteiger partial charge in [-0.3, -0.25) is 14.5 Å². The standard InChI is InChI=1S/C26H30F2N8O3/c1-16(24(37)32-22-13-30-23(14-29-22)39-21-5-4-18(27)11-20(21)28)34-8-9-35(26(2,3)15-34)25(38)17-6-7-36-19(10-17)12-31-33-36/h4-5,11-14,16-17H,6-10,15H2,1-3H3,(H,29,32,37)/t16-,17?/m0/s1. The highest BCUT2D eigenvalue weighted by atomic mass is 19.1. The maximum absolute atomic E-state index is 13.8. The molecule has 1 aromatic carbocycles. The molecule has 1 saturated heterocycles. The van der Waals surface area contributed by atoms with E-state index in [0.29, 0.717) is 38.7 Å². The average Bonchev–Trinajstić information content (AvgIpc) is 3.38. The van der Waals surface area contributed by atoms with Gasteiger partial charge < -0.3 is 15.0 Å². The molecule has 2 aliphatic rings. The molecule has 206 valence electrons. The van der Waals surface area contributed by atoms with Crippen LogP contribution < -0.4 is 10.1 Å². The van der Waals surface area contributed by atoms with Crippen LogP contribution in [0.15, 0.2) is 36.8 Å². The predicted octanol–water partition coefficient (Wildman–Crippen LogP) is 2.65. The van der Waals surface area contributed by atoms with E-state index in [1.54, 1.807) is 13.1 Å². The Hall–Kier alpha value is -4.00. The van der Waals surface area contributed by atoms with Gasteiger partial charge in [-0.25, -0.2) is 23.4 Å². The number of piperazine rings is 1. The SMILES string of the molecule is C[C@@H](C(=O)Nc1cnc(Oc2ccc(F)cc2F)cn1)N1CCN(C(=O)C2CCn3nncc3C2)C(C)(C)C1. The third kappa shape index (κ3) is 5.72. The molecule has 3 aromatic rings. The van der Waals surface area contributed by atoms with E-state index >= 15 is 0 Å². The van der Waals surface area contributed by atoms with Gasteiger partial charge in [0.15, 0.2) is 17.4 Å². The van der Waals surface area contributed by atoms with Crippen LogP contribution in [0.4, 0.5) is 14.6 Å². The first-order valence-electron chi connectivity index (χ1n) is 12.8. The van der Waals surface area contributed by atoms with Gasteiger partial charge in [0.1, 0.15) is 5.82 Å². The van der Waals surface area contributed by atoms with Gasteiger partial charge >= 0.3 is 0 Å². The van der Waals surface area contributed by atoms with Crippen LogP contribution in [0, 0.1) is 17.6 Å². The molecule has 0 aliphatic carbocycles. The number of amides is 2. The number of aryl methyl sites for hydroxylation is 1. The summed E-state index contributed by atoms with van der Waals surface area (Å²) in [6.45, 7) is 8.12. The molecule has 39 heavy (non-hydrogen) atoms. The monoisotopic (exact) mass is 540 g/mol. The maximum Gasteiger partial charge on any atom is 0.242 e. The number of carbonyl (C=O) groups is 2. The molecular formula is C26H30F2N8O3. The molecule has 0 bridgehead atoms. The van der Waals surface area contributed by atoms with E-state index in [-0.39, 0.29) is 35.2 Å². The second kappa shape index (κ2) is 10.6. The molecule has 1 unspecified atom stereocenters. The number of hydrogen-bond acceptors (Lipinski definition) is 8. The predicted molar refractivity (Wildman–Crippen MR) is 136 cm³/mol. The number of fused-ring (bicyclic) bond motifs is 1. The number of rotatable bonds is 6. The summed E-state index contributed by atoms with van der Waals surface area (Å²) in [5, 5.41) is 10.7. The first-order chi connectivity index (χ1) is 18.6. The number of nitrogens with zero attached hydrogens (tertiary/aromatic N) is 7. The highest BCUT2D eigenvalue weighted by Crippen LogP contribution is 2.29. The minimum Gasteiger partial charge on any atom is -0.434 e. The van der Waals surface area contributed by atoms with E-state index in [1.165, 1.54) is 12.4 Å². The Kier molecular flexibility index (Phi) is 7.25. The Bertz CT molecular complexity index is 1360. The number of halogens is 2. The summed E-state index contributed by atoms with van der Waals surface area (Å²) in [4.78, 5) is 38.6. The zero-order valence-corrected chi connectivity index (χ0v) is 22.0. The number of benzene rings is 1. The molecule has 5 rings (SSSR count). The lowest BCUT2D eigenvalue weighted by Crippen LogP contribution is -2.64. The quantitative estimate of drug-likeness (QED) is 0.507. The van der Waals surface area contributed by atoms with Crippen LogP contribution in [0.3, 0.4) is 0 Å². The second-order valence-corrected chi connectivity index (χ2v) is 10.5. The molecule has 11 nitrogen and oxygen atoms in total. The van der Waals surface area contributed by atoms with Crippen molar-refractivity contribution in [3.63, 3.8) is 0 Å². The zero-order chi connectivity index (χ0) is 27.7. The molecule has 2 aliphatic heterocycles. The van der Waals surface area contributed by atoms with Crippen molar-refractivity contribution < 1.29 is 23.1 Å². The molecule has 0 spiro atoms. The zero-order valence-electron chi connectivity index (χ0n) is 22.0. The first kappa shape index (κ1) is 26.6. The summed E-state index contributed by atoms with van der Waals surface area (Å²) in [6, 6.07) is 2.45. The van der Waals surface area contributed by atoms with Crippen molar-refractivity contribution in [1.29, 1.82) is 0 Å². The maximum atomic E-state index is 13.8. The van der Waals surface area contributed by atoms with Crippen LogP contribution in [0.1, 0.15) is 32.9 Å². The molecule has 1 fully saturated rings. The van der Waals surface area contributed by atoms with Crippen LogP contribution in [-0.4, -0.2) is 77.8 Å². The van der Waals surface area contributed by atoms with Crippen molar-refractivity contribution in [1.82, 2.24) is 34.8 Å². The fourth-order valence-corrected chi connectivity index (χ4v) is 5.12. The lowest BCUT2D eigenvalue weighted by atomic mass is 9.90. The van der Waals surface area contributed by atoms with Crippen molar-refractivity contribution >= 4 is 17.6 Å². The van der Waals surface area contributed by atoms with Crippen molar-refractivity contribution in [3.8, 4) is 11.6 Å². The van der Waals surface area contributed by atoms with Crippen molar-refractivity contribution in [3.05, 3.63) is 54.1 Å². The fourth-order valence-electron chi connectivity index (χ4n) is 5.12. The van der Waals surface area contributed by atoms with Gasteiger partial charge in [0.2, 0.25) is 17.7 Å². The second-order valence-electron chi connectivity index (χ2n) is 10.5. The summed E-state index contributed by atoms with van der Waals surface area (Å²) in [6.07, 6.45) is 5.62. The van der Waals surface area contributed by atoms with Crippen LogP contribution >= 0.6 is 0 Å². The molecule has 0 radical (unpaired) electrons. The average molecular weight is 541 g/mol. The van der Waals surface area contributed by atoms with E-state index in [0.717, 1.165) is 24.2 Å². The molecule has 2 aromatic heterocycles. The normalized spacial score (nSPS) is 19.7. The Morgan fingerprint density at radius 1 is 1.13 bits per heavy atom. The number of anilines is 1. The van der Waals surface area contributed by atoms with E-state index in [2.05, 4.69) is 25.6 Å². The highest BCUT2D eigenvalue weighted by molar-refractivity contribution is 5.93. The Morgan fingerprint density at radius 2 is 1.95 bits per heavy atom. The molecular weight excluding hydrogens is 510 g/mol. The van der Waals surface area contributed by atoms with Crippen LogP contribution in [-0.2, 0) is 22.6 Å². The van der Waals surface area contributed by atoms with E-state index in [9.17, 15) is 18.4 Å². The van der Waals surface area contributed by atoms with E-state index in [4.69, 9.17) is 4.74 Å². The van der Waals surface area contributed by atoms with Crippen LogP contribution in [0.25, 0.3) is 0 Å². The minimum atomic E-state index is -0.865. The van der Waals surface area contributed by atoms with Gasteiger partial charge in [-0.05, 0) is 39.3 Å². The van der Waals surface area contributed by atoms with E-state index in [1.807, 2.05) is 28.3 Å². The summed E-state index contributed by atoms with van der Waals surface area (Å²) < 4.78 is 34.0. The van der Waals surface area contributed by atoms with Gasteiger partial charge in [-0.1, -0.05) is 5.21 Å². The summed E-state index contributed by atoms with van der Waals surface area (Å²) in [5.74, 6) is -1.82. The number of carbonyl (C=O) groups excluding carboxylic acids is 2. The number of ether oxygens (including phenoxy) is 1. The summed E-state index contributed by atoms with van der Waals surface area (Å²) in [5.41, 5.74) is 0.514. The fraction of sp³-hybridized carbons (Fsp3) is 0.462.